The zero-order valence-corrected chi connectivity index (χ0v) is 16.2. The van der Waals surface area contributed by atoms with Gasteiger partial charge in [-0.3, -0.25) is 0 Å². The number of hydrogen-bond donors (Lipinski definition) is 0. The van der Waals surface area contributed by atoms with Crippen LogP contribution in [0.5, 0.6) is 5.75 Å². The number of benzene rings is 3. The summed E-state index contributed by atoms with van der Waals surface area (Å²) in [6, 6.07) is 22.4. The SMILES string of the molecule is Cc1ccc(-c2nc3ccccc3n2CCOc2ccc(Cl)c(C)c2)cc1. The van der Waals surface area contributed by atoms with Crippen molar-refractivity contribution in [2.75, 3.05) is 6.61 Å². The van der Waals surface area contributed by atoms with E-state index in [0.717, 1.165) is 38.8 Å². The van der Waals surface area contributed by atoms with Crippen LogP contribution in [0, 0.1) is 13.8 Å². The van der Waals surface area contributed by atoms with E-state index < -0.39 is 0 Å². The summed E-state index contributed by atoms with van der Waals surface area (Å²) in [5.74, 6) is 1.80. The fraction of sp³-hybridized carbons (Fsp3) is 0.174. The van der Waals surface area contributed by atoms with Gasteiger partial charge in [-0.2, -0.15) is 0 Å². The standard InChI is InChI=1S/C23H21ClN2O/c1-16-7-9-18(10-8-16)23-25-21-5-3-4-6-22(21)26(23)13-14-27-19-11-12-20(24)17(2)15-19/h3-12,15H,13-14H2,1-2H3. The lowest BCUT2D eigenvalue weighted by atomic mass is 10.1. The van der Waals surface area contributed by atoms with E-state index in [9.17, 15) is 0 Å². The fourth-order valence-corrected chi connectivity index (χ4v) is 3.30. The molecule has 0 spiro atoms. The second-order valence-corrected chi connectivity index (χ2v) is 7.11. The molecular weight excluding hydrogens is 356 g/mol. The van der Waals surface area contributed by atoms with Gasteiger partial charge >= 0.3 is 0 Å². The van der Waals surface area contributed by atoms with Crippen molar-refractivity contribution in [2.45, 2.75) is 20.4 Å². The first-order valence-corrected chi connectivity index (χ1v) is 9.41. The molecule has 0 aliphatic rings. The molecule has 1 heterocycles. The molecule has 0 saturated heterocycles. The van der Waals surface area contributed by atoms with Crippen molar-refractivity contribution in [3.8, 4) is 17.1 Å². The minimum atomic E-state index is 0.556. The molecule has 0 aliphatic heterocycles. The van der Waals surface area contributed by atoms with Crippen LogP contribution in [0.4, 0.5) is 0 Å². The molecule has 0 N–H and O–H groups in total. The quantitative estimate of drug-likeness (QED) is 0.423. The summed E-state index contributed by atoms with van der Waals surface area (Å²) in [4.78, 5) is 4.85. The maximum Gasteiger partial charge on any atom is 0.141 e. The molecule has 0 fully saturated rings. The first-order chi connectivity index (χ1) is 13.1. The fourth-order valence-electron chi connectivity index (χ4n) is 3.19. The van der Waals surface area contributed by atoms with Gasteiger partial charge in [0.15, 0.2) is 0 Å². The number of fused-ring (bicyclic) bond motifs is 1. The second kappa shape index (κ2) is 7.45. The van der Waals surface area contributed by atoms with Crippen LogP contribution in [0.1, 0.15) is 11.1 Å². The summed E-state index contributed by atoms with van der Waals surface area (Å²) in [6.45, 7) is 5.34. The summed E-state index contributed by atoms with van der Waals surface area (Å²) >= 11 is 6.09. The lowest BCUT2D eigenvalue weighted by Gasteiger charge is -2.12. The number of ether oxygens (including phenoxy) is 1. The largest absolute Gasteiger partial charge is 0.492 e. The molecular formula is C23H21ClN2O. The van der Waals surface area contributed by atoms with Crippen LogP contribution >= 0.6 is 11.6 Å². The molecule has 0 atom stereocenters. The van der Waals surface area contributed by atoms with Gasteiger partial charge in [0, 0.05) is 10.6 Å². The van der Waals surface area contributed by atoms with Crippen LogP contribution in [-0.4, -0.2) is 16.2 Å². The van der Waals surface area contributed by atoms with Gasteiger partial charge < -0.3 is 9.30 Å². The monoisotopic (exact) mass is 376 g/mol. The van der Waals surface area contributed by atoms with Gasteiger partial charge in [0.1, 0.15) is 18.2 Å². The van der Waals surface area contributed by atoms with E-state index in [0.29, 0.717) is 13.2 Å². The van der Waals surface area contributed by atoms with Gasteiger partial charge in [-0.1, -0.05) is 53.6 Å². The highest BCUT2D eigenvalue weighted by atomic mass is 35.5. The van der Waals surface area contributed by atoms with E-state index in [4.69, 9.17) is 21.3 Å². The summed E-state index contributed by atoms with van der Waals surface area (Å²) in [6.07, 6.45) is 0. The Balaban J connectivity index is 1.62. The van der Waals surface area contributed by atoms with Crippen LogP contribution < -0.4 is 4.74 Å². The molecule has 4 aromatic rings. The molecule has 136 valence electrons. The van der Waals surface area contributed by atoms with Gasteiger partial charge in [0.05, 0.1) is 17.6 Å². The van der Waals surface area contributed by atoms with Crippen molar-refractivity contribution >= 4 is 22.6 Å². The molecule has 0 amide bonds. The maximum absolute atomic E-state index is 6.09. The minimum absolute atomic E-state index is 0.556. The summed E-state index contributed by atoms with van der Waals surface area (Å²) in [5, 5.41) is 0.754. The Morgan fingerprint density at radius 1 is 0.963 bits per heavy atom. The van der Waals surface area contributed by atoms with Gasteiger partial charge in [0.25, 0.3) is 0 Å². The van der Waals surface area contributed by atoms with E-state index >= 15 is 0 Å². The van der Waals surface area contributed by atoms with Crippen molar-refractivity contribution in [1.29, 1.82) is 0 Å². The Morgan fingerprint density at radius 2 is 1.74 bits per heavy atom. The topological polar surface area (TPSA) is 27.1 Å². The Hall–Kier alpha value is -2.78. The zero-order chi connectivity index (χ0) is 18.8. The number of hydrogen-bond acceptors (Lipinski definition) is 2. The third kappa shape index (κ3) is 3.69. The highest BCUT2D eigenvalue weighted by Gasteiger charge is 2.12. The summed E-state index contributed by atoms with van der Waals surface area (Å²) in [5.41, 5.74) is 5.48. The number of aryl methyl sites for hydroxylation is 2. The lowest BCUT2D eigenvalue weighted by Crippen LogP contribution is -2.09. The number of para-hydroxylation sites is 2. The Morgan fingerprint density at radius 3 is 2.52 bits per heavy atom. The molecule has 4 heteroatoms. The number of rotatable bonds is 5. The van der Waals surface area contributed by atoms with Crippen LogP contribution in [0.3, 0.4) is 0 Å². The first-order valence-electron chi connectivity index (χ1n) is 9.03. The lowest BCUT2D eigenvalue weighted by molar-refractivity contribution is 0.300. The molecule has 0 unspecified atom stereocenters. The first kappa shape index (κ1) is 17.6. The van der Waals surface area contributed by atoms with Gasteiger partial charge in [-0.25, -0.2) is 4.98 Å². The van der Waals surface area contributed by atoms with E-state index in [-0.39, 0.29) is 0 Å². The third-order valence-electron chi connectivity index (χ3n) is 4.68. The third-order valence-corrected chi connectivity index (χ3v) is 5.10. The van der Waals surface area contributed by atoms with Crippen molar-refractivity contribution in [1.82, 2.24) is 9.55 Å². The minimum Gasteiger partial charge on any atom is -0.492 e. The van der Waals surface area contributed by atoms with Crippen LogP contribution in [0.15, 0.2) is 66.7 Å². The van der Waals surface area contributed by atoms with Crippen LogP contribution in [0.2, 0.25) is 5.02 Å². The number of halogens is 1. The second-order valence-electron chi connectivity index (χ2n) is 6.70. The summed E-state index contributed by atoms with van der Waals surface area (Å²) < 4.78 is 8.19. The maximum atomic E-state index is 6.09. The highest BCUT2D eigenvalue weighted by Crippen LogP contribution is 2.26. The molecule has 0 saturated carbocycles. The van der Waals surface area contributed by atoms with Gasteiger partial charge in [0.2, 0.25) is 0 Å². The summed E-state index contributed by atoms with van der Waals surface area (Å²) in [7, 11) is 0. The molecule has 0 aliphatic carbocycles. The Bertz CT molecular complexity index is 1080. The van der Waals surface area contributed by atoms with Gasteiger partial charge in [-0.05, 0) is 49.7 Å². The normalized spacial score (nSPS) is 11.1. The Labute approximate surface area is 164 Å². The zero-order valence-electron chi connectivity index (χ0n) is 15.4. The number of nitrogens with zero attached hydrogens (tertiary/aromatic N) is 2. The molecule has 4 rings (SSSR count). The van der Waals surface area contributed by atoms with E-state index in [1.54, 1.807) is 0 Å². The number of aromatic nitrogens is 2. The van der Waals surface area contributed by atoms with E-state index in [2.05, 4.69) is 41.8 Å². The predicted molar refractivity (Wildman–Crippen MR) is 112 cm³/mol. The molecule has 1 aromatic heterocycles. The molecule has 27 heavy (non-hydrogen) atoms. The molecule has 0 bridgehead atoms. The molecule has 3 nitrogen and oxygen atoms in total. The average molecular weight is 377 g/mol. The van der Waals surface area contributed by atoms with Crippen LogP contribution in [-0.2, 0) is 6.54 Å². The Kier molecular flexibility index (Phi) is 4.87. The smallest absolute Gasteiger partial charge is 0.141 e. The van der Waals surface area contributed by atoms with Crippen molar-refractivity contribution in [2.24, 2.45) is 0 Å². The van der Waals surface area contributed by atoms with Crippen LogP contribution in [0.25, 0.3) is 22.4 Å². The number of imidazole rings is 1. The van der Waals surface area contributed by atoms with E-state index in [1.165, 1.54) is 5.56 Å². The van der Waals surface area contributed by atoms with Gasteiger partial charge in [-0.15, -0.1) is 0 Å². The predicted octanol–water partition coefficient (Wildman–Crippen LogP) is 6.05. The van der Waals surface area contributed by atoms with Crippen molar-refractivity contribution < 1.29 is 4.74 Å². The molecule has 0 radical (unpaired) electrons. The highest BCUT2D eigenvalue weighted by molar-refractivity contribution is 6.31. The van der Waals surface area contributed by atoms with E-state index in [1.807, 2.05) is 43.3 Å². The van der Waals surface area contributed by atoms with Crippen molar-refractivity contribution in [3.05, 3.63) is 82.9 Å². The average Bonchev–Trinajstić information content (AvgIpc) is 3.04. The molecule has 3 aromatic carbocycles. The van der Waals surface area contributed by atoms with Crippen molar-refractivity contribution in [3.63, 3.8) is 0 Å².